The predicted molar refractivity (Wildman–Crippen MR) is 87.7 cm³/mol. The van der Waals surface area contributed by atoms with Crippen molar-refractivity contribution in [1.29, 1.82) is 0 Å². The SMILES string of the molecule is O=Nc1ccc(-c2cc(C(=O)NCCc3cccnc3)no2)cc1. The van der Waals surface area contributed by atoms with Gasteiger partial charge in [0.1, 0.15) is 5.69 Å². The van der Waals surface area contributed by atoms with Crippen LogP contribution in [0.3, 0.4) is 0 Å². The first-order chi connectivity index (χ1) is 11.8. The summed E-state index contributed by atoms with van der Waals surface area (Å²) in [6, 6.07) is 11.9. The number of carbonyl (C=O) groups is 1. The van der Waals surface area contributed by atoms with Gasteiger partial charge in [-0.05, 0) is 47.5 Å². The lowest BCUT2D eigenvalue weighted by Gasteiger charge is -2.02. The van der Waals surface area contributed by atoms with E-state index in [9.17, 15) is 9.70 Å². The predicted octanol–water partition coefficient (Wildman–Crippen LogP) is 3.11. The first kappa shape index (κ1) is 15.5. The highest BCUT2D eigenvalue weighted by molar-refractivity contribution is 5.93. The Kier molecular flexibility index (Phi) is 4.71. The maximum Gasteiger partial charge on any atom is 0.273 e. The summed E-state index contributed by atoms with van der Waals surface area (Å²) in [6.45, 7) is 0.479. The molecule has 0 fully saturated rings. The number of benzene rings is 1. The number of hydrogen-bond donors (Lipinski definition) is 1. The molecule has 2 aromatic heterocycles. The minimum Gasteiger partial charge on any atom is -0.355 e. The van der Waals surface area contributed by atoms with Crippen LogP contribution >= 0.6 is 0 Å². The Balaban J connectivity index is 1.59. The van der Waals surface area contributed by atoms with Crippen LogP contribution in [0.25, 0.3) is 11.3 Å². The highest BCUT2D eigenvalue weighted by Gasteiger charge is 2.13. The molecule has 120 valence electrons. The third kappa shape index (κ3) is 3.70. The van der Waals surface area contributed by atoms with Crippen LogP contribution in [-0.4, -0.2) is 22.6 Å². The van der Waals surface area contributed by atoms with Crippen LogP contribution in [0.5, 0.6) is 0 Å². The Hall–Kier alpha value is -3.35. The van der Waals surface area contributed by atoms with Crippen molar-refractivity contribution in [1.82, 2.24) is 15.5 Å². The second-order valence-electron chi connectivity index (χ2n) is 5.08. The summed E-state index contributed by atoms with van der Waals surface area (Å²) in [6.07, 6.45) is 4.15. The van der Waals surface area contributed by atoms with E-state index < -0.39 is 0 Å². The molecule has 7 nitrogen and oxygen atoms in total. The van der Waals surface area contributed by atoms with Gasteiger partial charge in [0.05, 0.1) is 0 Å². The molecule has 1 amide bonds. The molecule has 0 atom stereocenters. The van der Waals surface area contributed by atoms with Crippen LogP contribution in [0, 0.1) is 4.91 Å². The van der Waals surface area contributed by atoms with E-state index in [0.717, 1.165) is 5.56 Å². The zero-order chi connectivity index (χ0) is 16.8. The third-order valence-electron chi connectivity index (χ3n) is 3.42. The molecule has 3 aromatic rings. The molecule has 0 saturated carbocycles. The fourth-order valence-corrected chi connectivity index (χ4v) is 2.16. The van der Waals surface area contributed by atoms with Crippen molar-refractivity contribution >= 4 is 11.6 Å². The van der Waals surface area contributed by atoms with Crippen LogP contribution < -0.4 is 5.32 Å². The highest BCUT2D eigenvalue weighted by atomic mass is 16.5. The zero-order valence-corrected chi connectivity index (χ0v) is 12.7. The molecule has 0 aliphatic heterocycles. The monoisotopic (exact) mass is 322 g/mol. The Morgan fingerprint density at radius 2 is 2.04 bits per heavy atom. The van der Waals surface area contributed by atoms with E-state index in [4.69, 9.17) is 4.52 Å². The Morgan fingerprint density at radius 1 is 1.21 bits per heavy atom. The maximum atomic E-state index is 12.1. The third-order valence-corrected chi connectivity index (χ3v) is 3.42. The average Bonchev–Trinajstić information content (AvgIpc) is 3.13. The minimum absolute atomic E-state index is 0.203. The molecular formula is C17H14N4O3. The molecule has 0 aliphatic carbocycles. The molecule has 0 bridgehead atoms. The van der Waals surface area contributed by atoms with Gasteiger partial charge >= 0.3 is 0 Å². The van der Waals surface area contributed by atoms with Gasteiger partial charge in [-0.25, -0.2) is 0 Å². The van der Waals surface area contributed by atoms with Crippen molar-refractivity contribution in [2.24, 2.45) is 5.18 Å². The molecule has 0 radical (unpaired) electrons. The lowest BCUT2D eigenvalue weighted by atomic mass is 10.1. The fourth-order valence-electron chi connectivity index (χ4n) is 2.16. The van der Waals surface area contributed by atoms with Crippen LogP contribution in [0.15, 0.2) is 64.6 Å². The molecule has 1 N–H and O–H groups in total. The van der Waals surface area contributed by atoms with Gasteiger partial charge < -0.3 is 9.84 Å². The summed E-state index contributed by atoms with van der Waals surface area (Å²) in [4.78, 5) is 26.5. The van der Waals surface area contributed by atoms with E-state index in [1.807, 2.05) is 12.1 Å². The van der Waals surface area contributed by atoms with Crippen LogP contribution in [0.4, 0.5) is 5.69 Å². The molecule has 1 aromatic carbocycles. The number of aromatic nitrogens is 2. The lowest BCUT2D eigenvalue weighted by molar-refractivity contribution is 0.0945. The Morgan fingerprint density at radius 3 is 2.75 bits per heavy atom. The lowest BCUT2D eigenvalue weighted by Crippen LogP contribution is -2.25. The Labute approximate surface area is 137 Å². The summed E-state index contributed by atoms with van der Waals surface area (Å²) in [5.41, 5.74) is 2.28. The summed E-state index contributed by atoms with van der Waals surface area (Å²) in [5, 5.41) is 9.39. The van der Waals surface area contributed by atoms with E-state index in [0.29, 0.717) is 30.0 Å². The van der Waals surface area contributed by atoms with Crippen LogP contribution in [-0.2, 0) is 6.42 Å². The molecule has 0 saturated heterocycles. The minimum atomic E-state index is -0.305. The van der Waals surface area contributed by atoms with Gasteiger partial charge in [-0.3, -0.25) is 9.78 Å². The number of nitrogens with one attached hydrogen (secondary N) is 1. The molecular weight excluding hydrogens is 308 g/mol. The van der Waals surface area contributed by atoms with Gasteiger partial charge in [0.2, 0.25) is 0 Å². The van der Waals surface area contributed by atoms with Gasteiger partial charge in [-0.15, -0.1) is 4.91 Å². The number of nitroso groups, excluding NO2 is 1. The molecule has 2 heterocycles. The molecule has 3 rings (SSSR count). The first-order valence-corrected chi connectivity index (χ1v) is 7.34. The number of carbonyl (C=O) groups excluding carboxylic acids is 1. The van der Waals surface area contributed by atoms with Crippen LogP contribution in [0.1, 0.15) is 16.1 Å². The summed E-state index contributed by atoms with van der Waals surface area (Å²) in [7, 11) is 0. The molecule has 24 heavy (non-hydrogen) atoms. The highest BCUT2D eigenvalue weighted by Crippen LogP contribution is 2.23. The van der Waals surface area contributed by atoms with Crippen LogP contribution in [0.2, 0.25) is 0 Å². The average molecular weight is 322 g/mol. The van der Waals surface area contributed by atoms with E-state index >= 15 is 0 Å². The number of rotatable bonds is 6. The number of hydrogen-bond acceptors (Lipinski definition) is 6. The van der Waals surface area contributed by atoms with Crippen molar-refractivity contribution in [2.45, 2.75) is 6.42 Å². The second-order valence-corrected chi connectivity index (χ2v) is 5.08. The summed E-state index contributed by atoms with van der Waals surface area (Å²) < 4.78 is 5.18. The number of nitrogens with zero attached hydrogens (tertiary/aromatic N) is 3. The zero-order valence-electron chi connectivity index (χ0n) is 12.7. The normalized spacial score (nSPS) is 10.3. The van der Waals surface area contributed by atoms with Gasteiger partial charge in [-0.1, -0.05) is 11.2 Å². The quantitative estimate of drug-likeness (QED) is 0.703. The van der Waals surface area contributed by atoms with E-state index in [1.165, 1.54) is 0 Å². The van der Waals surface area contributed by atoms with E-state index in [2.05, 4.69) is 20.6 Å². The maximum absolute atomic E-state index is 12.1. The number of pyridine rings is 1. The van der Waals surface area contributed by atoms with Crippen molar-refractivity contribution in [3.63, 3.8) is 0 Å². The Bertz CT molecular complexity index is 829. The van der Waals surface area contributed by atoms with E-state index in [1.54, 1.807) is 42.7 Å². The van der Waals surface area contributed by atoms with Crippen molar-refractivity contribution in [3.8, 4) is 11.3 Å². The van der Waals surface area contributed by atoms with Crippen molar-refractivity contribution < 1.29 is 9.32 Å². The molecule has 0 spiro atoms. The molecule has 0 aliphatic rings. The fraction of sp³-hybridized carbons (Fsp3) is 0.118. The van der Waals surface area contributed by atoms with Gasteiger partial charge in [-0.2, -0.15) is 0 Å². The van der Waals surface area contributed by atoms with Gasteiger partial charge in [0.15, 0.2) is 11.5 Å². The molecule has 0 unspecified atom stereocenters. The first-order valence-electron chi connectivity index (χ1n) is 7.34. The topological polar surface area (TPSA) is 97.5 Å². The summed E-state index contributed by atoms with van der Waals surface area (Å²) in [5.74, 6) is 0.143. The van der Waals surface area contributed by atoms with Gasteiger partial charge in [0, 0.05) is 30.6 Å². The largest absolute Gasteiger partial charge is 0.355 e. The standard InChI is InChI=1S/C17H14N4O3/c22-17(19-9-7-12-2-1-8-18-11-12)15-10-16(24-21-15)13-3-5-14(20-23)6-4-13/h1-6,8,10-11H,7,9H2,(H,19,22). The van der Waals surface area contributed by atoms with Gasteiger partial charge in [0.25, 0.3) is 5.91 Å². The smallest absolute Gasteiger partial charge is 0.273 e. The summed E-state index contributed by atoms with van der Waals surface area (Å²) >= 11 is 0. The van der Waals surface area contributed by atoms with Crippen molar-refractivity contribution in [2.75, 3.05) is 6.54 Å². The number of amides is 1. The molecule has 7 heteroatoms. The second kappa shape index (κ2) is 7.28. The van der Waals surface area contributed by atoms with E-state index in [-0.39, 0.29) is 11.6 Å². The van der Waals surface area contributed by atoms with Crippen molar-refractivity contribution in [3.05, 3.63) is 71.0 Å².